The maximum absolute atomic E-state index is 12.1. The molecule has 1 heterocycles. The second kappa shape index (κ2) is 6.73. The van der Waals surface area contributed by atoms with Gasteiger partial charge in [-0.15, -0.1) is 0 Å². The highest BCUT2D eigenvalue weighted by Crippen LogP contribution is 2.17. The van der Waals surface area contributed by atoms with Gasteiger partial charge in [0, 0.05) is 30.2 Å². The van der Waals surface area contributed by atoms with Crippen LogP contribution in [0.3, 0.4) is 0 Å². The van der Waals surface area contributed by atoms with Gasteiger partial charge in [0.1, 0.15) is 0 Å². The Morgan fingerprint density at radius 1 is 1.47 bits per heavy atom. The summed E-state index contributed by atoms with van der Waals surface area (Å²) >= 11 is 6.05. The van der Waals surface area contributed by atoms with Crippen LogP contribution >= 0.6 is 11.6 Å². The Hall–Kier alpha value is -1.32. The highest BCUT2D eigenvalue weighted by Gasteiger charge is 2.20. The number of rotatable bonds is 3. The zero-order valence-corrected chi connectivity index (χ0v) is 11.9. The molecule has 0 radical (unpaired) electrons. The van der Waals surface area contributed by atoms with E-state index in [1.807, 2.05) is 36.2 Å². The largest absolute Gasteiger partial charge is 0.338 e. The van der Waals surface area contributed by atoms with Crippen LogP contribution in [0.15, 0.2) is 30.3 Å². The number of piperidine rings is 1. The molecule has 102 valence electrons. The van der Waals surface area contributed by atoms with Gasteiger partial charge in [0.25, 0.3) is 0 Å². The SMILES string of the molecule is CNC1CCCN(C(=O)/C=C/c2ccccc2Cl)C1. The molecule has 1 unspecified atom stereocenters. The lowest BCUT2D eigenvalue weighted by atomic mass is 10.1. The summed E-state index contributed by atoms with van der Waals surface area (Å²) < 4.78 is 0. The molecular weight excluding hydrogens is 260 g/mol. The van der Waals surface area contributed by atoms with E-state index in [9.17, 15) is 4.79 Å². The molecule has 1 atom stereocenters. The molecule has 0 aliphatic carbocycles. The fourth-order valence-corrected chi connectivity index (χ4v) is 2.49. The molecule has 1 saturated heterocycles. The summed E-state index contributed by atoms with van der Waals surface area (Å²) in [5.74, 6) is 0.0554. The van der Waals surface area contributed by atoms with Crippen molar-refractivity contribution in [3.63, 3.8) is 0 Å². The standard InChI is InChI=1S/C15H19ClN2O/c1-17-13-6-4-10-18(11-13)15(19)9-8-12-5-2-3-7-14(12)16/h2-3,5,7-9,13,17H,4,6,10-11H2,1H3/b9-8+. The summed E-state index contributed by atoms with van der Waals surface area (Å²) in [5, 5.41) is 3.90. The molecule has 1 amide bonds. The monoisotopic (exact) mass is 278 g/mol. The van der Waals surface area contributed by atoms with E-state index < -0.39 is 0 Å². The number of hydrogen-bond donors (Lipinski definition) is 1. The third kappa shape index (κ3) is 3.82. The predicted octanol–water partition coefficient (Wildman–Crippen LogP) is 2.56. The van der Waals surface area contributed by atoms with Crippen LogP contribution in [-0.4, -0.2) is 37.0 Å². The summed E-state index contributed by atoms with van der Waals surface area (Å²) in [4.78, 5) is 14.0. The lowest BCUT2D eigenvalue weighted by Crippen LogP contribution is -2.46. The van der Waals surface area contributed by atoms with Crippen LogP contribution in [0.4, 0.5) is 0 Å². The molecule has 2 rings (SSSR count). The summed E-state index contributed by atoms with van der Waals surface area (Å²) in [6, 6.07) is 7.92. The molecule has 3 nitrogen and oxygen atoms in total. The Bertz CT molecular complexity index is 473. The van der Waals surface area contributed by atoms with Crippen molar-refractivity contribution in [3.05, 3.63) is 40.9 Å². The van der Waals surface area contributed by atoms with Gasteiger partial charge >= 0.3 is 0 Å². The molecule has 1 aliphatic heterocycles. The van der Waals surface area contributed by atoms with Crippen LogP contribution < -0.4 is 5.32 Å². The van der Waals surface area contributed by atoms with E-state index in [0.717, 1.165) is 31.5 Å². The van der Waals surface area contributed by atoms with Crippen LogP contribution in [-0.2, 0) is 4.79 Å². The Morgan fingerprint density at radius 3 is 3.00 bits per heavy atom. The van der Waals surface area contributed by atoms with Gasteiger partial charge < -0.3 is 10.2 Å². The second-order valence-electron chi connectivity index (χ2n) is 4.77. The van der Waals surface area contributed by atoms with E-state index in [-0.39, 0.29) is 5.91 Å². The number of hydrogen-bond acceptors (Lipinski definition) is 2. The number of carbonyl (C=O) groups excluding carboxylic acids is 1. The molecule has 0 spiro atoms. The van der Waals surface area contributed by atoms with Gasteiger partial charge in [-0.1, -0.05) is 29.8 Å². The first-order valence-electron chi connectivity index (χ1n) is 6.59. The Morgan fingerprint density at radius 2 is 2.26 bits per heavy atom. The van der Waals surface area contributed by atoms with Crippen molar-refractivity contribution in [3.8, 4) is 0 Å². The quantitative estimate of drug-likeness (QED) is 0.862. The van der Waals surface area contributed by atoms with Crippen LogP contribution in [0.2, 0.25) is 5.02 Å². The van der Waals surface area contributed by atoms with E-state index in [1.54, 1.807) is 12.2 Å². The van der Waals surface area contributed by atoms with Gasteiger partial charge in [-0.2, -0.15) is 0 Å². The van der Waals surface area contributed by atoms with Crippen molar-refractivity contribution in [1.29, 1.82) is 0 Å². The molecule has 0 saturated carbocycles. The van der Waals surface area contributed by atoms with Crippen LogP contribution in [0.5, 0.6) is 0 Å². The van der Waals surface area contributed by atoms with E-state index in [2.05, 4.69) is 5.32 Å². The summed E-state index contributed by atoms with van der Waals surface area (Å²) in [6.07, 6.45) is 5.58. The van der Waals surface area contributed by atoms with E-state index in [1.165, 1.54) is 0 Å². The summed E-state index contributed by atoms with van der Waals surface area (Å²) in [5.41, 5.74) is 0.875. The lowest BCUT2D eigenvalue weighted by molar-refractivity contribution is -0.127. The molecule has 1 aliphatic rings. The van der Waals surface area contributed by atoms with Crippen molar-refractivity contribution in [1.82, 2.24) is 10.2 Å². The molecule has 19 heavy (non-hydrogen) atoms. The molecule has 4 heteroatoms. The third-order valence-corrected chi connectivity index (χ3v) is 3.80. The third-order valence-electron chi connectivity index (χ3n) is 3.45. The van der Waals surface area contributed by atoms with Crippen molar-refractivity contribution in [2.24, 2.45) is 0 Å². The highest BCUT2D eigenvalue weighted by molar-refractivity contribution is 6.32. The first kappa shape index (κ1) is 14.1. The number of nitrogens with one attached hydrogen (secondary N) is 1. The zero-order valence-electron chi connectivity index (χ0n) is 11.1. The minimum absolute atomic E-state index is 0.0554. The number of likely N-dealkylation sites (N-methyl/N-ethyl adjacent to an activating group) is 1. The van der Waals surface area contributed by atoms with Crippen LogP contribution in [0, 0.1) is 0 Å². The zero-order chi connectivity index (χ0) is 13.7. The van der Waals surface area contributed by atoms with Crippen LogP contribution in [0.25, 0.3) is 6.08 Å². The maximum atomic E-state index is 12.1. The maximum Gasteiger partial charge on any atom is 0.246 e. The van der Waals surface area contributed by atoms with Crippen molar-refractivity contribution in [2.75, 3.05) is 20.1 Å². The Kier molecular flexibility index (Phi) is 5.00. The molecule has 1 aromatic rings. The predicted molar refractivity (Wildman–Crippen MR) is 79.1 cm³/mol. The van der Waals surface area contributed by atoms with E-state index in [0.29, 0.717) is 11.1 Å². The number of amides is 1. The first-order chi connectivity index (χ1) is 9.20. The average Bonchev–Trinajstić information content (AvgIpc) is 2.46. The van der Waals surface area contributed by atoms with Gasteiger partial charge in [0.2, 0.25) is 5.91 Å². The summed E-state index contributed by atoms with van der Waals surface area (Å²) in [6.45, 7) is 1.62. The molecule has 0 bridgehead atoms. The average molecular weight is 279 g/mol. The molecule has 0 aromatic heterocycles. The number of nitrogens with zero attached hydrogens (tertiary/aromatic N) is 1. The van der Waals surface area contributed by atoms with Gasteiger partial charge in [-0.25, -0.2) is 0 Å². The summed E-state index contributed by atoms with van der Waals surface area (Å²) in [7, 11) is 1.94. The fourth-order valence-electron chi connectivity index (χ4n) is 2.29. The van der Waals surface area contributed by atoms with Gasteiger partial charge in [-0.3, -0.25) is 4.79 Å². The van der Waals surface area contributed by atoms with Gasteiger partial charge in [0.05, 0.1) is 0 Å². The van der Waals surface area contributed by atoms with Gasteiger partial charge in [-0.05, 0) is 37.6 Å². The minimum Gasteiger partial charge on any atom is -0.338 e. The number of benzene rings is 1. The Balaban J connectivity index is 1.99. The molecule has 1 aromatic carbocycles. The van der Waals surface area contributed by atoms with Crippen molar-refractivity contribution >= 4 is 23.6 Å². The smallest absolute Gasteiger partial charge is 0.246 e. The Labute approximate surface area is 119 Å². The molecular formula is C15H19ClN2O. The van der Waals surface area contributed by atoms with Crippen LogP contribution in [0.1, 0.15) is 18.4 Å². The number of carbonyl (C=O) groups is 1. The minimum atomic E-state index is 0.0554. The normalized spacial score (nSPS) is 19.9. The lowest BCUT2D eigenvalue weighted by Gasteiger charge is -2.31. The van der Waals surface area contributed by atoms with E-state index >= 15 is 0 Å². The highest BCUT2D eigenvalue weighted by atomic mass is 35.5. The van der Waals surface area contributed by atoms with Crippen molar-refractivity contribution in [2.45, 2.75) is 18.9 Å². The van der Waals surface area contributed by atoms with Gasteiger partial charge in [0.15, 0.2) is 0 Å². The second-order valence-corrected chi connectivity index (χ2v) is 5.17. The molecule has 1 N–H and O–H groups in total. The van der Waals surface area contributed by atoms with E-state index in [4.69, 9.17) is 11.6 Å². The molecule has 1 fully saturated rings. The topological polar surface area (TPSA) is 32.3 Å². The van der Waals surface area contributed by atoms with Crippen molar-refractivity contribution < 1.29 is 4.79 Å². The first-order valence-corrected chi connectivity index (χ1v) is 6.97. The fraction of sp³-hybridized carbons (Fsp3) is 0.400. The number of likely N-dealkylation sites (tertiary alicyclic amines) is 1. The number of halogens is 1.